The highest BCUT2D eigenvalue weighted by Crippen LogP contribution is 2.27. The predicted octanol–water partition coefficient (Wildman–Crippen LogP) is 2.64. The van der Waals surface area contributed by atoms with Crippen molar-refractivity contribution in [2.45, 2.75) is 26.7 Å². The molecule has 2 aromatic rings. The number of hydrogen-bond acceptors (Lipinski definition) is 3. The number of aryl methyl sites for hydroxylation is 1. The van der Waals surface area contributed by atoms with E-state index in [0.29, 0.717) is 5.69 Å². The Bertz CT molecular complexity index is 621. The summed E-state index contributed by atoms with van der Waals surface area (Å²) in [4.78, 5) is 15.5. The van der Waals surface area contributed by atoms with E-state index < -0.39 is 5.97 Å². The van der Waals surface area contributed by atoms with Crippen molar-refractivity contribution in [1.82, 2.24) is 4.98 Å². The van der Waals surface area contributed by atoms with Crippen molar-refractivity contribution in [2.75, 3.05) is 5.73 Å². The monoisotopic (exact) mass is 244 g/mol. The molecule has 2 rings (SSSR count). The number of anilines is 1. The van der Waals surface area contributed by atoms with Gasteiger partial charge in [0.1, 0.15) is 0 Å². The summed E-state index contributed by atoms with van der Waals surface area (Å²) in [7, 11) is 0. The average molecular weight is 244 g/mol. The molecule has 18 heavy (non-hydrogen) atoms. The third kappa shape index (κ3) is 1.90. The van der Waals surface area contributed by atoms with Crippen molar-refractivity contribution >= 4 is 22.6 Å². The number of carbonyl (C=O) groups is 1. The quantitative estimate of drug-likeness (QED) is 0.870. The van der Waals surface area contributed by atoms with Crippen LogP contribution in [0.1, 0.15) is 35.5 Å². The number of carboxylic acids is 1. The third-order valence-electron chi connectivity index (χ3n) is 3.15. The summed E-state index contributed by atoms with van der Waals surface area (Å²) in [6.07, 6.45) is 1.62. The molecule has 0 aliphatic heterocycles. The molecule has 1 heterocycles. The first kappa shape index (κ1) is 12.4. The largest absolute Gasteiger partial charge is 0.478 e. The number of carboxylic acid groups (broad SMARTS) is 1. The zero-order valence-electron chi connectivity index (χ0n) is 10.5. The SMILES string of the molecule is CCc1nc2ccc(C(=O)O)cc2c(N)c1CC. The van der Waals surface area contributed by atoms with E-state index in [0.717, 1.165) is 35.0 Å². The fraction of sp³-hybridized carbons (Fsp3) is 0.286. The van der Waals surface area contributed by atoms with Gasteiger partial charge in [-0.15, -0.1) is 0 Å². The van der Waals surface area contributed by atoms with Gasteiger partial charge in [0.05, 0.1) is 11.1 Å². The number of nitrogen functional groups attached to an aromatic ring is 1. The summed E-state index contributed by atoms with van der Waals surface area (Å²) >= 11 is 0. The number of aromatic carboxylic acids is 1. The Kier molecular flexibility index (Phi) is 3.19. The van der Waals surface area contributed by atoms with Gasteiger partial charge in [0.25, 0.3) is 0 Å². The molecule has 1 aromatic carbocycles. The lowest BCUT2D eigenvalue weighted by Crippen LogP contribution is -2.04. The first-order valence-electron chi connectivity index (χ1n) is 6.02. The normalized spacial score (nSPS) is 10.8. The molecule has 1 aromatic heterocycles. The molecule has 0 unspecified atom stereocenters. The van der Waals surface area contributed by atoms with Crippen molar-refractivity contribution in [3.63, 3.8) is 0 Å². The Morgan fingerprint density at radius 2 is 2.06 bits per heavy atom. The van der Waals surface area contributed by atoms with Gasteiger partial charge in [-0.25, -0.2) is 4.79 Å². The highest BCUT2D eigenvalue weighted by molar-refractivity contribution is 5.98. The van der Waals surface area contributed by atoms with E-state index in [9.17, 15) is 4.79 Å². The predicted molar refractivity (Wildman–Crippen MR) is 71.9 cm³/mol. The smallest absolute Gasteiger partial charge is 0.335 e. The van der Waals surface area contributed by atoms with Crippen LogP contribution in [0, 0.1) is 0 Å². The van der Waals surface area contributed by atoms with Gasteiger partial charge in [0.2, 0.25) is 0 Å². The van der Waals surface area contributed by atoms with Crippen molar-refractivity contribution in [2.24, 2.45) is 0 Å². The number of aromatic nitrogens is 1. The molecule has 0 fully saturated rings. The summed E-state index contributed by atoms with van der Waals surface area (Å²) in [6.45, 7) is 4.07. The molecule has 4 nitrogen and oxygen atoms in total. The second-order valence-corrected chi connectivity index (χ2v) is 4.19. The molecule has 0 saturated heterocycles. The lowest BCUT2D eigenvalue weighted by atomic mass is 10.0. The van der Waals surface area contributed by atoms with Crippen LogP contribution in [0.5, 0.6) is 0 Å². The highest BCUT2D eigenvalue weighted by atomic mass is 16.4. The van der Waals surface area contributed by atoms with Crippen LogP contribution in [0.4, 0.5) is 5.69 Å². The first-order chi connectivity index (χ1) is 8.58. The molecule has 0 atom stereocenters. The second kappa shape index (κ2) is 4.64. The van der Waals surface area contributed by atoms with E-state index in [1.54, 1.807) is 18.2 Å². The van der Waals surface area contributed by atoms with E-state index in [1.807, 2.05) is 13.8 Å². The van der Waals surface area contributed by atoms with Crippen LogP contribution >= 0.6 is 0 Å². The molecule has 0 amide bonds. The lowest BCUT2D eigenvalue weighted by Gasteiger charge is -2.12. The highest BCUT2D eigenvalue weighted by Gasteiger charge is 2.12. The number of pyridine rings is 1. The Hall–Kier alpha value is -2.10. The molecule has 0 bridgehead atoms. The molecule has 4 heteroatoms. The van der Waals surface area contributed by atoms with Gasteiger partial charge in [0.15, 0.2) is 0 Å². The van der Waals surface area contributed by atoms with Gasteiger partial charge in [-0.1, -0.05) is 13.8 Å². The maximum absolute atomic E-state index is 11.0. The van der Waals surface area contributed by atoms with E-state index in [-0.39, 0.29) is 5.56 Å². The fourth-order valence-corrected chi connectivity index (χ4v) is 2.20. The fourth-order valence-electron chi connectivity index (χ4n) is 2.20. The van der Waals surface area contributed by atoms with E-state index in [2.05, 4.69) is 4.98 Å². The van der Waals surface area contributed by atoms with Crippen LogP contribution in [0.2, 0.25) is 0 Å². The van der Waals surface area contributed by atoms with Crippen LogP contribution in [0.15, 0.2) is 18.2 Å². The molecular formula is C14H16N2O2. The van der Waals surface area contributed by atoms with Crippen molar-refractivity contribution in [1.29, 1.82) is 0 Å². The lowest BCUT2D eigenvalue weighted by molar-refractivity contribution is 0.0697. The Morgan fingerprint density at radius 3 is 2.61 bits per heavy atom. The number of nitrogens with two attached hydrogens (primary N) is 1. The number of rotatable bonds is 3. The minimum atomic E-state index is -0.950. The minimum Gasteiger partial charge on any atom is -0.478 e. The van der Waals surface area contributed by atoms with Crippen molar-refractivity contribution < 1.29 is 9.90 Å². The van der Waals surface area contributed by atoms with Crippen molar-refractivity contribution in [3.8, 4) is 0 Å². The van der Waals surface area contributed by atoms with E-state index in [4.69, 9.17) is 10.8 Å². The number of hydrogen-bond donors (Lipinski definition) is 2. The molecule has 0 aliphatic carbocycles. The summed E-state index contributed by atoms with van der Waals surface area (Å²) in [5.74, 6) is -0.950. The van der Waals surface area contributed by atoms with Gasteiger partial charge in [0, 0.05) is 16.8 Å². The van der Waals surface area contributed by atoms with Crippen LogP contribution in [0.25, 0.3) is 10.9 Å². The number of benzene rings is 1. The van der Waals surface area contributed by atoms with E-state index >= 15 is 0 Å². The molecule has 0 aliphatic rings. The topological polar surface area (TPSA) is 76.2 Å². The van der Waals surface area contributed by atoms with Crippen molar-refractivity contribution in [3.05, 3.63) is 35.0 Å². The number of fused-ring (bicyclic) bond motifs is 1. The van der Waals surface area contributed by atoms with Gasteiger partial charge in [-0.05, 0) is 36.6 Å². The van der Waals surface area contributed by atoms with Gasteiger partial charge < -0.3 is 10.8 Å². The zero-order chi connectivity index (χ0) is 13.3. The Morgan fingerprint density at radius 1 is 1.33 bits per heavy atom. The van der Waals surface area contributed by atoms with Crippen LogP contribution < -0.4 is 5.73 Å². The Balaban J connectivity index is 2.78. The maximum Gasteiger partial charge on any atom is 0.335 e. The summed E-state index contributed by atoms with van der Waals surface area (Å²) in [6, 6.07) is 4.87. The molecule has 0 radical (unpaired) electrons. The van der Waals surface area contributed by atoms with Gasteiger partial charge in [-0.3, -0.25) is 4.98 Å². The Labute approximate surface area is 105 Å². The maximum atomic E-state index is 11.0. The standard InChI is InChI=1S/C14H16N2O2/c1-3-9-11(4-2)16-12-6-5-8(14(17)18)7-10(12)13(9)15/h5-7H,3-4H2,1-2H3,(H2,15,16)(H,17,18). The van der Waals surface area contributed by atoms with Crippen LogP contribution in [0.3, 0.4) is 0 Å². The van der Waals surface area contributed by atoms with Gasteiger partial charge >= 0.3 is 5.97 Å². The van der Waals surface area contributed by atoms with E-state index in [1.165, 1.54) is 0 Å². The first-order valence-corrected chi connectivity index (χ1v) is 6.02. The summed E-state index contributed by atoms with van der Waals surface area (Å²) in [5.41, 5.74) is 9.80. The summed E-state index contributed by atoms with van der Waals surface area (Å²) < 4.78 is 0. The molecule has 0 spiro atoms. The minimum absolute atomic E-state index is 0.238. The van der Waals surface area contributed by atoms with Crippen LogP contribution in [-0.2, 0) is 12.8 Å². The average Bonchev–Trinajstić information content (AvgIpc) is 2.37. The molecular weight excluding hydrogens is 228 g/mol. The third-order valence-corrected chi connectivity index (χ3v) is 3.15. The second-order valence-electron chi connectivity index (χ2n) is 4.19. The summed E-state index contributed by atoms with van der Waals surface area (Å²) in [5, 5.41) is 9.73. The molecule has 94 valence electrons. The van der Waals surface area contributed by atoms with Gasteiger partial charge in [-0.2, -0.15) is 0 Å². The van der Waals surface area contributed by atoms with Crippen LogP contribution in [-0.4, -0.2) is 16.1 Å². The zero-order valence-corrected chi connectivity index (χ0v) is 10.5. The molecule has 0 saturated carbocycles. The molecule has 3 N–H and O–H groups in total. The number of nitrogens with zero attached hydrogens (tertiary/aromatic N) is 1.